The number of rotatable bonds is 1. The van der Waals surface area contributed by atoms with Crippen LogP contribution < -0.4 is 5.73 Å². The topological polar surface area (TPSA) is 59.1 Å². The Kier molecular flexibility index (Phi) is 3.85. The molecule has 3 unspecified atom stereocenters. The maximum absolute atomic E-state index is 10.2. The first kappa shape index (κ1) is 17.5. The van der Waals surface area contributed by atoms with E-state index in [1.54, 1.807) is 11.8 Å². The molecule has 0 spiro atoms. The second-order valence-corrected chi connectivity index (χ2v) is 9.97. The molecule has 6 atom stereocenters. The molecule has 0 aliphatic heterocycles. The Bertz CT molecular complexity index is 827. The molecule has 0 bridgehead atoms. The number of nitrogens with zero attached hydrogens (tertiary/aromatic N) is 1. The van der Waals surface area contributed by atoms with E-state index < -0.39 is 0 Å². The van der Waals surface area contributed by atoms with Crippen molar-refractivity contribution in [1.82, 2.24) is 4.98 Å². The largest absolute Gasteiger partial charge is 0.397 e. The van der Waals surface area contributed by atoms with Gasteiger partial charge in [0.1, 0.15) is 0 Å². The van der Waals surface area contributed by atoms with Gasteiger partial charge in [-0.15, -0.1) is 0 Å². The zero-order valence-electron chi connectivity index (χ0n) is 16.6. The first-order valence-electron chi connectivity index (χ1n) is 10.7. The Morgan fingerprint density at radius 1 is 1.04 bits per heavy atom. The third-order valence-corrected chi connectivity index (χ3v) is 8.73. The van der Waals surface area contributed by atoms with Crippen molar-refractivity contribution in [3.05, 3.63) is 41.7 Å². The Morgan fingerprint density at radius 3 is 2.67 bits per heavy atom. The fourth-order valence-electron chi connectivity index (χ4n) is 7.26. The fraction of sp³-hybridized carbons (Fsp3) is 0.625. The molecule has 3 N–H and O–H groups in total. The number of allylic oxidation sites excluding steroid dienone is 3. The summed E-state index contributed by atoms with van der Waals surface area (Å²) in [5.41, 5.74) is 11.6. The number of hydrogen-bond donors (Lipinski definition) is 2. The standard InChI is InChI=1S/C24H32N2O/c1-23-9-7-18(27)12-16(23)3-4-19-21-6-5-20(15-11-17(25)14-26-13-15)24(21,2)10-8-22(19)23/h3,5,11,13-14,18-19,21-22,27H,4,6-10,12,25H2,1-2H3/t18-,19?,21?,22?,23-,24+/m0/s1. The van der Waals surface area contributed by atoms with Gasteiger partial charge in [-0.25, -0.2) is 0 Å². The van der Waals surface area contributed by atoms with E-state index in [0.717, 1.165) is 36.8 Å². The van der Waals surface area contributed by atoms with Crippen LogP contribution in [-0.2, 0) is 0 Å². The summed E-state index contributed by atoms with van der Waals surface area (Å²) >= 11 is 0. The van der Waals surface area contributed by atoms with Gasteiger partial charge in [0, 0.05) is 12.4 Å². The summed E-state index contributed by atoms with van der Waals surface area (Å²) in [5.74, 6) is 2.25. The number of aliphatic hydroxyl groups is 1. The van der Waals surface area contributed by atoms with Crippen LogP contribution >= 0.6 is 0 Å². The zero-order chi connectivity index (χ0) is 18.8. The Morgan fingerprint density at radius 2 is 1.85 bits per heavy atom. The number of fused-ring (bicyclic) bond motifs is 5. The van der Waals surface area contributed by atoms with E-state index in [1.807, 2.05) is 6.20 Å². The summed E-state index contributed by atoms with van der Waals surface area (Å²) in [4.78, 5) is 4.35. The zero-order valence-corrected chi connectivity index (χ0v) is 16.6. The van der Waals surface area contributed by atoms with E-state index >= 15 is 0 Å². The summed E-state index contributed by atoms with van der Waals surface area (Å²) in [6, 6.07) is 2.10. The Labute approximate surface area is 162 Å². The molecule has 4 aliphatic carbocycles. The molecule has 1 aromatic heterocycles. The Balaban J connectivity index is 1.48. The maximum atomic E-state index is 10.2. The van der Waals surface area contributed by atoms with Crippen molar-refractivity contribution in [3.8, 4) is 0 Å². The first-order chi connectivity index (χ1) is 12.9. The molecule has 0 aromatic carbocycles. The fourth-order valence-corrected chi connectivity index (χ4v) is 7.26. The van der Waals surface area contributed by atoms with Crippen LogP contribution in [0.2, 0.25) is 0 Å². The van der Waals surface area contributed by atoms with Gasteiger partial charge in [0.2, 0.25) is 0 Å². The molecule has 2 saturated carbocycles. The van der Waals surface area contributed by atoms with Crippen LogP contribution in [-0.4, -0.2) is 16.2 Å². The van der Waals surface area contributed by atoms with E-state index in [-0.39, 0.29) is 11.5 Å². The smallest absolute Gasteiger partial charge is 0.0577 e. The van der Waals surface area contributed by atoms with Gasteiger partial charge in [0.15, 0.2) is 0 Å². The highest BCUT2D eigenvalue weighted by molar-refractivity contribution is 5.74. The van der Waals surface area contributed by atoms with Crippen molar-refractivity contribution >= 4 is 11.3 Å². The number of nitrogens with two attached hydrogens (primary N) is 1. The van der Waals surface area contributed by atoms with Crippen molar-refractivity contribution < 1.29 is 5.11 Å². The average Bonchev–Trinajstić information content (AvgIpc) is 2.99. The van der Waals surface area contributed by atoms with E-state index in [4.69, 9.17) is 5.73 Å². The number of aromatic nitrogens is 1. The summed E-state index contributed by atoms with van der Waals surface area (Å²) < 4.78 is 0. The van der Waals surface area contributed by atoms with Crippen molar-refractivity contribution in [2.24, 2.45) is 28.6 Å². The van der Waals surface area contributed by atoms with Crippen LogP contribution in [0.3, 0.4) is 0 Å². The molecule has 3 nitrogen and oxygen atoms in total. The molecule has 4 aliphatic rings. The highest BCUT2D eigenvalue weighted by Gasteiger charge is 2.56. The molecule has 0 radical (unpaired) electrons. The molecule has 27 heavy (non-hydrogen) atoms. The third kappa shape index (κ3) is 2.47. The molecular formula is C24H32N2O. The van der Waals surface area contributed by atoms with E-state index in [1.165, 1.54) is 36.8 Å². The summed E-state index contributed by atoms with van der Waals surface area (Å²) in [6.07, 6.45) is 16.6. The highest BCUT2D eigenvalue weighted by Crippen LogP contribution is 2.66. The molecule has 0 saturated heterocycles. The molecule has 144 valence electrons. The van der Waals surface area contributed by atoms with Crippen molar-refractivity contribution in [3.63, 3.8) is 0 Å². The van der Waals surface area contributed by atoms with Crippen molar-refractivity contribution in [2.75, 3.05) is 5.73 Å². The predicted molar refractivity (Wildman–Crippen MR) is 110 cm³/mol. The van der Waals surface area contributed by atoms with Crippen LogP contribution in [0, 0.1) is 28.6 Å². The molecule has 3 heteroatoms. The average molecular weight is 365 g/mol. The molecular weight excluding hydrogens is 332 g/mol. The summed E-state index contributed by atoms with van der Waals surface area (Å²) in [5, 5.41) is 10.2. The molecule has 5 rings (SSSR count). The van der Waals surface area contributed by atoms with Gasteiger partial charge in [0.25, 0.3) is 0 Å². The number of nitrogen functional groups attached to an aromatic ring is 1. The van der Waals surface area contributed by atoms with Gasteiger partial charge >= 0.3 is 0 Å². The second kappa shape index (κ2) is 5.94. The van der Waals surface area contributed by atoms with E-state index in [2.05, 4.69) is 37.0 Å². The summed E-state index contributed by atoms with van der Waals surface area (Å²) in [6.45, 7) is 4.98. The minimum Gasteiger partial charge on any atom is -0.397 e. The van der Waals surface area contributed by atoms with Gasteiger partial charge in [-0.2, -0.15) is 0 Å². The quantitative estimate of drug-likeness (QED) is 0.691. The minimum absolute atomic E-state index is 0.120. The van der Waals surface area contributed by atoms with Crippen molar-refractivity contribution in [1.29, 1.82) is 0 Å². The maximum Gasteiger partial charge on any atom is 0.0577 e. The Hall–Kier alpha value is -1.61. The molecule has 0 amide bonds. The van der Waals surface area contributed by atoms with Gasteiger partial charge < -0.3 is 10.8 Å². The van der Waals surface area contributed by atoms with E-state index in [9.17, 15) is 5.11 Å². The lowest BCUT2D eigenvalue weighted by atomic mass is 9.47. The number of pyridine rings is 1. The van der Waals surface area contributed by atoms with Gasteiger partial charge in [0.05, 0.1) is 11.8 Å². The molecule has 2 fully saturated rings. The SMILES string of the molecule is C[C@]12CC[C@H](O)CC1=CCC1C2CC[C@]2(C)C(c3cncc(N)c3)=CCC12. The lowest BCUT2D eigenvalue weighted by Gasteiger charge is -2.57. The van der Waals surface area contributed by atoms with Crippen LogP contribution in [0.1, 0.15) is 64.4 Å². The highest BCUT2D eigenvalue weighted by atomic mass is 16.3. The lowest BCUT2D eigenvalue weighted by Crippen LogP contribution is -2.49. The van der Waals surface area contributed by atoms with Crippen LogP contribution in [0.5, 0.6) is 0 Å². The summed E-state index contributed by atoms with van der Waals surface area (Å²) in [7, 11) is 0. The number of aliphatic hydroxyl groups excluding tert-OH is 1. The van der Waals surface area contributed by atoms with Gasteiger partial charge in [-0.1, -0.05) is 31.6 Å². The van der Waals surface area contributed by atoms with Crippen LogP contribution in [0.4, 0.5) is 5.69 Å². The van der Waals surface area contributed by atoms with Gasteiger partial charge in [-0.05, 0) is 90.7 Å². The van der Waals surface area contributed by atoms with Crippen molar-refractivity contribution in [2.45, 2.75) is 64.9 Å². The lowest BCUT2D eigenvalue weighted by molar-refractivity contribution is -0.0238. The third-order valence-electron chi connectivity index (χ3n) is 8.73. The first-order valence-corrected chi connectivity index (χ1v) is 10.7. The normalized spacial score (nSPS) is 43.2. The number of hydrogen-bond acceptors (Lipinski definition) is 3. The minimum atomic E-state index is -0.120. The van der Waals surface area contributed by atoms with Crippen LogP contribution in [0.15, 0.2) is 36.2 Å². The predicted octanol–water partition coefficient (Wildman–Crippen LogP) is 4.98. The monoisotopic (exact) mass is 364 g/mol. The number of anilines is 1. The van der Waals surface area contributed by atoms with E-state index in [0.29, 0.717) is 11.3 Å². The molecule has 1 aromatic rings. The molecule has 1 heterocycles. The van der Waals surface area contributed by atoms with Crippen LogP contribution in [0.25, 0.3) is 5.57 Å². The van der Waals surface area contributed by atoms with Gasteiger partial charge in [-0.3, -0.25) is 4.98 Å². The second-order valence-electron chi connectivity index (χ2n) is 9.97.